The van der Waals surface area contributed by atoms with Crippen LogP contribution >= 0.6 is 0 Å². The minimum atomic E-state index is -0.301. The largest absolute Gasteiger partial charge is 0.436 e. The van der Waals surface area contributed by atoms with Gasteiger partial charge in [-0.3, -0.25) is 0 Å². The van der Waals surface area contributed by atoms with Gasteiger partial charge in [0.05, 0.1) is 5.69 Å². The molecular weight excluding hydrogens is 1070 g/mol. The number of aromatic nitrogens is 2. The molecular formula is C80H84BN5O2. The first-order valence-electron chi connectivity index (χ1n) is 31.5. The van der Waals surface area contributed by atoms with Crippen molar-refractivity contribution in [1.82, 2.24) is 9.97 Å². The molecule has 0 N–H and O–H groups in total. The van der Waals surface area contributed by atoms with Gasteiger partial charge in [0, 0.05) is 68.8 Å². The molecule has 0 unspecified atom stereocenters. The van der Waals surface area contributed by atoms with Gasteiger partial charge in [0.25, 0.3) is 6.71 Å². The van der Waals surface area contributed by atoms with Crippen LogP contribution in [0.2, 0.25) is 0 Å². The Balaban J connectivity index is 1.19. The fourth-order valence-electron chi connectivity index (χ4n) is 12.8. The third-order valence-electron chi connectivity index (χ3n) is 18.2. The average Bonchev–Trinajstić information content (AvgIpc) is 0.899. The lowest BCUT2D eigenvalue weighted by atomic mass is 9.33. The minimum absolute atomic E-state index is 0.000589. The quantitative estimate of drug-likeness (QED) is 0.147. The predicted molar refractivity (Wildman–Crippen MR) is 373 cm³/mol. The van der Waals surface area contributed by atoms with Gasteiger partial charge < -0.3 is 23.5 Å². The molecule has 0 amide bonds. The highest BCUT2D eigenvalue weighted by Crippen LogP contribution is 2.51. The molecule has 444 valence electrons. The van der Waals surface area contributed by atoms with Crippen LogP contribution in [0, 0.1) is 0 Å². The first-order chi connectivity index (χ1) is 41.4. The van der Waals surface area contributed by atoms with Crippen molar-refractivity contribution < 1.29 is 8.83 Å². The zero-order valence-electron chi connectivity index (χ0n) is 55.0. The normalized spacial score (nSPS) is 13.7. The van der Waals surface area contributed by atoms with Crippen molar-refractivity contribution in [3.05, 3.63) is 215 Å². The maximum atomic E-state index is 7.03. The topological polar surface area (TPSA) is 61.8 Å². The lowest BCUT2D eigenvalue weighted by molar-refractivity contribution is 0.568. The van der Waals surface area contributed by atoms with Crippen molar-refractivity contribution in [2.75, 3.05) is 14.7 Å². The Hall–Kier alpha value is -8.62. The maximum absolute atomic E-state index is 7.03. The molecule has 4 heterocycles. The molecule has 0 bridgehead atoms. The first kappa shape index (κ1) is 58.4. The highest BCUT2D eigenvalue weighted by Gasteiger charge is 2.46. The number of anilines is 9. The minimum Gasteiger partial charge on any atom is -0.436 e. The Bertz CT molecular complexity index is 4150. The molecule has 0 aliphatic carbocycles. The van der Waals surface area contributed by atoms with Gasteiger partial charge in [0.2, 0.25) is 11.8 Å². The Labute approximate surface area is 522 Å². The summed E-state index contributed by atoms with van der Waals surface area (Å²) in [7, 11) is 0. The van der Waals surface area contributed by atoms with E-state index in [9.17, 15) is 0 Å². The Morgan fingerprint density at radius 1 is 0.330 bits per heavy atom. The van der Waals surface area contributed by atoms with Crippen molar-refractivity contribution in [3.63, 3.8) is 0 Å². The van der Waals surface area contributed by atoms with Gasteiger partial charge in [-0.1, -0.05) is 197 Å². The van der Waals surface area contributed by atoms with Crippen molar-refractivity contribution in [2.24, 2.45) is 0 Å². The second kappa shape index (κ2) is 20.5. The second-order valence-corrected chi connectivity index (χ2v) is 31.0. The number of benzene rings is 9. The van der Waals surface area contributed by atoms with E-state index in [1.807, 2.05) is 0 Å². The van der Waals surface area contributed by atoms with Crippen molar-refractivity contribution >= 4 is 96.5 Å². The summed E-state index contributed by atoms with van der Waals surface area (Å²) in [4.78, 5) is 18.3. The molecule has 2 aliphatic heterocycles. The molecule has 0 radical (unpaired) electrons. The second-order valence-electron chi connectivity index (χ2n) is 31.0. The van der Waals surface area contributed by atoms with E-state index in [0.29, 0.717) is 11.8 Å². The number of oxazole rings is 2. The molecule has 2 aliphatic rings. The SMILES string of the molecule is CC(C)(C)c1ccc(-c2nc3cc4c(cc3o2)N(c2cc(C(C)(C)C)cc(C(C)(C)C)c2)c2cc(N(c3ccccc3)c3ccccc3)cc3c2B4c2cc4nc(-c5ccc(C(C)(C)C)cc5)oc4cc2N3c2cc(C(C)(C)C)cc(C(C)(C)C)c2)cc1. The number of hydrogen-bond donors (Lipinski definition) is 0. The van der Waals surface area contributed by atoms with Crippen LogP contribution in [-0.2, 0) is 32.5 Å². The number of para-hydroxylation sites is 2. The zero-order chi connectivity index (χ0) is 62.4. The van der Waals surface area contributed by atoms with Crippen LogP contribution in [0.3, 0.4) is 0 Å². The third-order valence-corrected chi connectivity index (χ3v) is 18.2. The van der Waals surface area contributed by atoms with E-state index < -0.39 is 0 Å². The molecule has 7 nitrogen and oxygen atoms in total. The van der Waals surface area contributed by atoms with Crippen LogP contribution in [0.1, 0.15) is 158 Å². The summed E-state index contributed by atoms with van der Waals surface area (Å²) >= 11 is 0. The summed E-state index contributed by atoms with van der Waals surface area (Å²) in [5.74, 6) is 1.18. The summed E-state index contributed by atoms with van der Waals surface area (Å²) in [6, 6.07) is 67.7. The van der Waals surface area contributed by atoms with Gasteiger partial charge in [0.15, 0.2) is 11.2 Å². The molecule has 0 spiro atoms. The average molecular weight is 1160 g/mol. The van der Waals surface area contributed by atoms with Gasteiger partial charge >= 0.3 is 0 Å². The molecule has 2 aromatic heterocycles. The number of rotatable bonds is 7. The van der Waals surface area contributed by atoms with E-state index in [0.717, 1.165) is 95.4 Å². The van der Waals surface area contributed by atoms with E-state index in [-0.39, 0.29) is 39.2 Å². The van der Waals surface area contributed by atoms with E-state index in [1.54, 1.807) is 0 Å². The molecule has 11 aromatic rings. The molecule has 0 saturated heterocycles. The van der Waals surface area contributed by atoms with Gasteiger partial charge in [-0.2, -0.15) is 0 Å². The fraction of sp³-hybridized carbons (Fsp3) is 0.300. The summed E-state index contributed by atoms with van der Waals surface area (Å²) in [5.41, 5.74) is 24.7. The summed E-state index contributed by atoms with van der Waals surface area (Å²) < 4.78 is 14.1. The van der Waals surface area contributed by atoms with Crippen molar-refractivity contribution in [1.29, 1.82) is 0 Å². The Kier molecular flexibility index (Phi) is 13.6. The van der Waals surface area contributed by atoms with E-state index >= 15 is 0 Å². The predicted octanol–water partition coefficient (Wildman–Crippen LogP) is 20.6. The van der Waals surface area contributed by atoms with Crippen LogP contribution in [0.25, 0.3) is 45.1 Å². The van der Waals surface area contributed by atoms with Crippen LogP contribution < -0.4 is 31.1 Å². The molecule has 0 fully saturated rings. The lowest BCUT2D eigenvalue weighted by Gasteiger charge is -2.45. The first-order valence-corrected chi connectivity index (χ1v) is 31.5. The van der Waals surface area contributed by atoms with Crippen LogP contribution in [0.5, 0.6) is 0 Å². The molecule has 0 saturated carbocycles. The molecule has 9 aromatic carbocycles. The monoisotopic (exact) mass is 1160 g/mol. The Morgan fingerprint density at radius 3 is 0.977 bits per heavy atom. The van der Waals surface area contributed by atoms with E-state index in [4.69, 9.17) is 18.8 Å². The maximum Gasteiger partial charge on any atom is 0.252 e. The smallest absolute Gasteiger partial charge is 0.252 e. The summed E-state index contributed by atoms with van der Waals surface area (Å²) in [6.45, 7) is 41.1. The molecule has 88 heavy (non-hydrogen) atoms. The number of nitrogens with zero attached hydrogens (tertiary/aromatic N) is 5. The summed E-state index contributed by atoms with van der Waals surface area (Å²) in [6.07, 6.45) is 0. The standard InChI is InChI=1S/C80H84BN5O2/c1-75(2,3)51-33-29-49(30-34-51)73-82-64-45-62-66(47-70(64)87-73)85(59-39-53(77(7,8)9)37-54(40-59)78(10,11)12)68-43-61(84(57-25-21-19-22-26-57)58-27-23-20-24-28-58)44-69-72(68)81(62)63-46-65-71(88-74(83-65)50-31-35-52(36-32-50)76(4,5)6)48-67(63)86(69)60-41-55(79(13,14)15)38-56(42-60)80(16,17)18/h19-48H,1-18H3. The van der Waals surface area contributed by atoms with Crippen LogP contribution in [0.15, 0.2) is 191 Å². The number of fused-ring (bicyclic) bond motifs is 6. The van der Waals surface area contributed by atoms with Crippen molar-refractivity contribution in [2.45, 2.75) is 157 Å². The summed E-state index contributed by atoms with van der Waals surface area (Å²) in [5, 5.41) is 0. The number of hydrogen-bond acceptors (Lipinski definition) is 7. The third kappa shape index (κ3) is 10.5. The van der Waals surface area contributed by atoms with Gasteiger partial charge in [0.1, 0.15) is 11.0 Å². The lowest BCUT2D eigenvalue weighted by Crippen LogP contribution is -2.61. The van der Waals surface area contributed by atoms with Gasteiger partial charge in [-0.15, -0.1) is 0 Å². The molecule has 8 heteroatoms. The zero-order valence-corrected chi connectivity index (χ0v) is 55.0. The Morgan fingerprint density at radius 2 is 0.659 bits per heavy atom. The highest BCUT2D eigenvalue weighted by atomic mass is 16.4. The van der Waals surface area contributed by atoms with E-state index in [1.165, 1.54) is 38.8 Å². The molecule has 13 rings (SSSR count). The fourth-order valence-corrected chi connectivity index (χ4v) is 12.8. The molecule has 0 atom stereocenters. The highest BCUT2D eigenvalue weighted by molar-refractivity contribution is 7.00. The van der Waals surface area contributed by atoms with Crippen LogP contribution in [-0.4, -0.2) is 16.7 Å². The van der Waals surface area contributed by atoms with E-state index in [2.05, 4.69) is 321 Å². The van der Waals surface area contributed by atoms with Crippen molar-refractivity contribution in [3.8, 4) is 22.9 Å². The van der Waals surface area contributed by atoms with Gasteiger partial charge in [-0.05, 0) is 179 Å². The van der Waals surface area contributed by atoms with Crippen LogP contribution in [0.4, 0.5) is 51.2 Å². The van der Waals surface area contributed by atoms with Gasteiger partial charge in [-0.25, -0.2) is 9.97 Å².